The lowest BCUT2D eigenvalue weighted by Crippen LogP contribution is -2.50. The second-order valence-electron chi connectivity index (χ2n) is 6.90. The Kier molecular flexibility index (Phi) is 5.18. The first-order valence-electron chi connectivity index (χ1n) is 9.20. The minimum Gasteiger partial charge on any atom is -0.488 e. The highest BCUT2D eigenvalue weighted by atomic mass is 19.1. The topological polar surface area (TPSA) is 76.5 Å². The molecule has 30 heavy (non-hydrogen) atoms. The van der Waals surface area contributed by atoms with Crippen molar-refractivity contribution in [1.29, 1.82) is 0 Å². The van der Waals surface area contributed by atoms with Crippen LogP contribution in [0.3, 0.4) is 0 Å². The van der Waals surface area contributed by atoms with Gasteiger partial charge in [0.15, 0.2) is 5.82 Å². The number of fused-ring (bicyclic) bond motifs is 1. The largest absolute Gasteiger partial charge is 0.488 e. The lowest BCUT2D eigenvalue weighted by molar-refractivity contribution is -0.120. The fourth-order valence-corrected chi connectivity index (χ4v) is 3.28. The zero-order valence-electron chi connectivity index (χ0n) is 16.0. The van der Waals surface area contributed by atoms with Gasteiger partial charge in [-0.25, -0.2) is 13.6 Å². The van der Waals surface area contributed by atoms with Gasteiger partial charge in [0.2, 0.25) is 0 Å². The molecule has 2 amide bonds. The van der Waals surface area contributed by atoms with Crippen molar-refractivity contribution < 1.29 is 23.1 Å². The fourth-order valence-electron chi connectivity index (χ4n) is 3.28. The summed E-state index contributed by atoms with van der Waals surface area (Å²) in [6, 6.07) is 9.63. The Labute approximate surface area is 170 Å². The number of carbonyl (C=O) groups is 2. The zero-order valence-corrected chi connectivity index (χ0v) is 16.0. The number of hydrogen-bond donors (Lipinski definition) is 1. The third-order valence-electron chi connectivity index (χ3n) is 4.76. The molecule has 0 aliphatic carbocycles. The molecule has 0 radical (unpaired) electrons. The van der Waals surface area contributed by atoms with Gasteiger partial charge < -0.3 is 15.0 Å². The number of nitrogens with zero attached hydrogens (tertiary/aromatic N) is 3. The maximum Gasteiger partial charge on any atom is 0.342 e. The normalized spacial score (nSPS) is 15.9. The van der Waals surface area contributed by atoms with Gasteiger partial charge in [0.1, 0.15) is 29.9 Å². The van der Waals surface area contributed by atoms with Crippen molar-refractivity contribution in [3.8, 4) is 5.75 Å². The van der Waals surface area contributed by atoms with Crippen molar-refractivity contribution >= 4 is 17.6 Å². The lowest BCUT2D eigenvalue weighted by atomic mass is 10.1. The average Bonchev–Trinajstić information content (AvgIpc) is 3.14. The summed E-state index contributed by atoms with van der Waals surface area (Å²) in [5.41, 5.74) is 1.71. The number of likely N-dealkylation sites (N-methyl/N-ethyl adjacent to an activating group) is 1. The van der Waals surface area contributed by atoms with Crippen molar-refractivity contribution in [1.82, 2.24) is 15.1 Å². The minimum absolute atomic E-state index is 0.107. The van der Waals surface area contributed by atoms with E-state index in [4.69, 9.17) is 4.74 Å². The highest BCUT2D eigenvalue weighted by Crippen LogP contribution is 2.34. The van der Waals surface area contributed by atoms with Crippen LogP contribution in [0.15, 0.2) is 54.9 Å². The number of anilines is 1. The van der Waals surface area contributed by atoms with E-state index in [0.29, 0.717) is 12.5 Å². The van der Waals surface area contributed by atoms with Crippen LogP contribution in [0.1, 0.15) is 11.1 Å². The zero-order chi connectivity index (χ0) is 21.3. The summed E-state index contributed by atoms with van der Waals surface area (Å²) in [6.45, 7) is -0.275. The molecule has 0 fully saturated rings. The van der Waals surface area contributed by atoms with Crippen molar-refractivity contribution in [3.05, 3.63) is 77.6 Å². The predicted octanol–water partition coefficient (Wildman–Crippen LogP) is 2.73. The molecule has 0 spiro atoms. The molecule has 0 saturated carbocycles. The molecule has 1 aliphatic rings. The van der Waals surface area contributed by atoms with Crippen LogP contribution in [-0.2, 0) is 11.2 Å². The van der Waals surface area contributed by atoms with Gasteiger partial charge in [-0.3, -0.25) is 4.79 Å². The quantitative estimate of drug-likeness (QED) is 0.718. The van der Waals surface area contributed by atoms with E-state index in [9.17, 15) is 18.4 Å². The number of nitrogens with one attached hydrogen (secondary N) is 1. The summed E-state index contributed by atoms with van der Waals surface area (Å²) in [5, 5.41) is 6.57. The summed E-state index contributed by atoms with van der Waals surface area (Å²) < 4.78 is 34.1. The van der Waals surface area contributed by atoms with Gasteiger partial charge in [0.05, 0.1) is 6.20 Å². The van der Waals surface area contributed by atoms with Gasteiger partial charge in [-0.15, -0.1) is 0 Å². The molecule has 2 aromatic carbocycles. The van der Waals surface area contributed by atoms with Crippen LogP contribution < -0.4 is 15.0 Å². The van der Waals surface area contributed by atoms with Crippen LogP contribution in [0.25, 0.3) is 0 Å². The SMILES string of the molecule is CN1C(=O)[C@@H](NC(=O)n2cc(Cc3ccccc3)cn2)COc2cc(F)cc(F)c21. The molecule has 9 heteroatoms. The summed E-state index contributed by atoms with van der Waals surface area (Å²) in [4.78, 5) is 26.3. The highest BCUT2D eigenvalue weighted by molar-refractivity contribution is 6.00. The van der Waals surface area contributed by atoms with Gasteiger partial charge >= 0.3 is 6.03 Å². The average molecular weight is 412 g/mol. The van der Waals surface area contributed by atoms with Crippen LogP contribution in [0.5, 0.6) is 5.75 Å². The maximum absolute atomic E-state index is 14.2. The number of rotatable bonds is 3. The van der Waals surface area contributed by atoms with E-state index in [0.717, 1.165) is 26.8 Å². The molecule has 1 aromatic heterocycles. The minimum atomic E-state index is -1.10. The Morgan fingerprint density at radius 1 is 1.23 bits per heavy atom. The van der Waals surface area contributed by atoms with Crippen molar-refractivity contribution in [2.24, 2.45) is 0 Å². The molecule has 4 rings (SSSR count). The Balaban J connectivity index is 1.47. The molecule has 7 nitrogen and oxygen atoms in total. The van der Waals surface area contributed by atoms with Crippen molar-refractivity contribution in [3.63, 3.8) is 0 Å². The molecule has 2 heterocycles. The number of carbonyl (C=O) groups excluding carboxylic acids is 2. The molecular weight excluding hydrogens is 394 g/mol. The molecular formula is C21H18F2N4O3. The first-order valence-corrected chi connectivity index (χ1v) is 9.20. The smallest absolute Gasteiger partial charge is 0.342 e. The Bertz CT molecular complexity index is 1100. The van der Waals surface area contributed by atoms with Gasteiger partial charge in [0.25, 0.3) is 5.91 Å². The van der Waals surface area contributed by atoms with Crippen LogP contribution >= 0.6 is 0 Å². The van der Waals surface area contributed by atoms with E-state index < -0.39 is 29.6 Å². The van der Waals surface area contributed by atoms with Gasteiger partial charge in [0, 0.05) is 31.8 Å². The highest BCUT2D eigenvalue weighted by Gasteiger charge is 2.33. The Morgan fingerprint density at radius 3 is 2.77 bits per heavy atom. The Hall–Kier alpha value is -3.75. The van der Waals surface area contributed by atoms with E-state index in [1.807, 2.05) is 30.3 Å². The molecule has 3 aromatic rings. The lowest BCUT2D eigenvalue weighted by Gasteiger charge is -2.20. The molecule has 0 saturated heterocycles. The number of benzene rings is 2. The number of hydrogen-bond acceptors (Lipinski definition) is 4. The molecule has 0 unspecified atom stereocenters. The second kappa shape index (κ2) is 7.94. The van der Waals surface area contributed by atoms with E-state index in [1.54, 1.807) is 12.4 Å². The van der Waals surface area contributed by atoms with Crippen LogP contribution in [0.2, 0.25) is 0 Å². The van der Waals surface area contributed by atoms with Crippen LogP contribution in [0.4, 0.5) is 19.3 Å². The molecule has 154 valence electrons. The number of amides is 2. The fraction of sp³-hybridized carbons (Fsp3) is 0.190. The second-order valence-corrected chi connectivity index (χ2v) is 6.90. The van der Waals surface area contributed by atoms with Crippen LogP contribution in [-0.4, -0.2) is 41.4 Å². The predicted molar refractivity (Wildman–Crippen MR) is 104 cm³/mol. The molecule has 1 aliphatic heterocycles. The number of halogens is 2. The van der Waals surface area contributed by atoms with E-state index in [1.165, 1.54) is 7.05 Å². The number of aromatic nitrogens is 2. The van der Waals surface area contributed by atoms with E-state index in [2.05, 4.69) is 10.4 Å². The summed E-state index contributed by atoms with van der Waals surface area (Å²) in [6.07, 6.45) is 3.73. The third kappa shape index (κ3) is 3.86. The van der Waals surface area contributed by atoms with Gasteiger partial charge in [-0.1, -0.05) is 30.3 Å². The van der Waals surface area contributed by atoms with Gasteiger partial charge in [-0.05, 0) is 11.1 Å². The van der Waals surface area contributed by atoms with E-state index >= 15 is 0 Å². The standard InChI is InChI=1S/C21H18F2N4O3/c1-26-19-16(23)8-15(22)9-18(19)30-12-17(20(26)28)25-21(29)27-11-14(10-24-27)7-13-5-3-2-4-6-13/h2-6,8-11,17H,7,12H2,1H3,(H,25,29)/t17-/m0/s1. The third-order valence-corrected chi connectivity index (χ3v) is 4.76. The summed E-state index contributed by atoms with van der Waals surface area (Å²) in [7, 11) is 1.34. The van der Waals surface area contributed by atoms with Crippen molar-refractivity contribution in [2.45, 2.75) is 12.5 Å². The Morgan fingerprint density at radius 2 is 2.00 bits per heavy atom. The summed E-state index contributed by atoms with van der Waals surface area (Å²) >= 11 is 0. The van der Waals surface area contributed by atoms with Gasteiger partial charge in [-0.2, -0.15) is 9.78 Å². The van der Waals surface area contributed by atoms with Crippen molar-refractivity contribution in [2.75, 3.05) is 18.6 Å². The molecule has 1 atom stereocenters. The van der Waals surface area contributed by atoms with Crippen LogP contribution in [0, 0.1) is 11.6 Å². The van der Waals surface area contributed by atoms with E-state index in [-0.39, 0.29) is 18.0 Å². The monoisotopic (exact) mass is 412 g/mol. The number of ether oxygens (including phenoxy) is 1. The summed E-state index contributed by atoms with van der Waals surface area (Å²) in [5.74, 6) is -2.45. The maximum atomic E-state index is 14.2. The first-order chi connectivity index (χ1) is 14.4. The molecule has 0 bridgehead atoms. The molecule has 1 N–H and O–H groups in total. The first kappa shape index (κ1) is 19.6.